The number of rotatable bonds is 5. The molecule has 1 rings (SSSR count). The Kier molecular flexibility index (Phi) is 4.94. The van der Waals surface area contributed by atoms with Crippen LogP contribution in [0.4, 0.5) is 4.39 Å². The number of hydrogen-bond acceptors (Lipinski definition) is 1. The lowest BCUT2D eigenvalue weighted by molar-refractivity contribution is 0.370. The van der Waals surface area contributed by atoms with E-state index >= 15 is 0 Å². The molecular formula is C14H22FN. The summed E-state index contributed by atoms with van der Waals surface area (Å²) in [7, 11) is 0. The van der Waals surface area contributed by atoms with Gasteiger partial charge in [0.25, 0.3) is 0 Å². The van der Waals surface area contributed by atoms with Crippen molar-refractivity contribution in [2.24, 2.45) is 5.92 Å². The first-order valence-corrected chi connectivity index (χ1v) is 6.06. The molecule has 0 saturated carbocycles. The van der Waals surface area contributed by atoms with Crippen molar-refractivity contribution in [3.63, 3.8) is 0 Å². The molecule has 0 bridgehead atoms. The van der Waals surface area contributed by atoms with Crippen LogP contribution in [0.5, 0.6) is 0 Å². The molecule has 0 spiro atoms. The fraction of sp³-hybridized carbons (Fsp3) is 0.571. The molecule has 0 heterocycles. The Morgan fingerprint density at radius 3 is 2.44 bits per heavy atom. The van der Waals surface area contributed by atoms with E-state index in [1.165, 1.54) is 6.07 Å². The standard InChI is InChI=1S/C14H22FN/c1-5-14(16-11(4)10(2)3)12-7-6-8-13(15)9-12/h6-11,14,16H,5H2,1-4H3. The molecule has 0 aromatic heterocycles. The zero-order chi connectivity index (χ0) is 12.1. The van der Waals surface area contributed by atoms with Gasteiger partial charge >= 0.3 is 0 Å². The topological polar surface area (TPSA) is 12.0 Å². The first kappa shape index (κ1) is 13.2. The van der Waals surface area contributed by atoms with Gasteiger partial charge in [-0.3, -0.25) is 0 Å². The molecule has 1 aromatic carbocycles. The average Bonchev–Trinajstić information content (AvgIpc) is 2.25. The predicted molar refractivity (Wildman–Crippen MR) is 66.9 cm³/mol. The quantitative estimate of drug-likeness (QED) is 0.798. The second-order valence-electron chi connectivity index (χ2n) is 4.72. The van der Waals surface area contributed by atoms with Crippen molar-refractivity contribution in [1.82, 2.24) is 5.32 Å². The highest BCUT2D eigenvalue weighted by molar-refractivity contribution is 5.20. The highest BCUT2D eigenvalue weighted by Crippen LogP contribution is 2.19. The number of nitrogens with one attached hydrogen (secondary N) is 1. The minimum absolute atomic E-state index is 0.157. The van der Waals surface area contributed by atoms with Gasteiger partial charge in [-0.15, -0.1) is 0 Å². The van der Waals surface area contributed by atoms with Crippen LogP contribution in [0.25, 0.3) is 0 Å². The summed E-state index contributed by atoms with van der Waals surface area (Å²) >= 11 is 0. The Morgan fingerprint density at radius 2 is 1.94 bits per heavy atom. The van der Waals surface area contributed by atoms with Crippen LogP contribution in [0.3, 0.4) is 0 Å². The van der Waals surface area contributed by atoms with Crippen molar-refractivity contribution >= 4 is 0 Å². The van der Waals surface area contributed by atoms with E-state index in [1.54, 1.807) is 12.1 Å². The summed E-state index contributed by atoms with van der Waals surface area (Å²) in [5.41, 5.74) is 1.04. The molecule has 16 heavy (non-hydrogen) atoms. The number of halogens is 1. The Morgan fingerprint density at radius 1 is 1.25 bits per heavy atom. The van der Waals surface area contributed by atoms with Crippen LogP contribution >= 0.6 is 0 Å². The molecule has 1 nitrogen and oxygen atoms in total. The summed E-state index contributed by atoms with van der Waals surface area (Å²) in [6.45, 7) is 8.67. The van der Waals surface area contributed by atoms with Gasteiger partial charge < -0.3 is 5.32 Å². The van der Waals surface area contributed by atoms with Gasteiger partial charge in [-0.2, -0.15) is 0 Å². The molecule has 0 radical (unpaired) electrons. The van der Waals surface area contributed by atoms with Gasteiger partial charge in [-0.25, -0.2) is 4.39 Å². The van der Waals surface area contributed by atoms with Gasteiger partial charge in [-0.05, 0) is 37.0 Å². The Hall–Kier alpha value is -0.890. The molecule has 1 N–H and O–H groups in total. The summed E-state index contributed by atoms with van der Waals surface area (Å²) in [6, 6.07) is 7.55. The van der Waals surface area contributed by atoms with Gasteiger partial charge in [0, 0.05) is 12.1 Å². The minimum Gasteiger partial charge on any atom is -0.307 e. The molecule has 2 unspecified atom stereocenters. The van der Waals surface area contributed by atoms with Crippen LogP contribution in [0.2, 0.25) is 0 Å². The third-order valence-corrected chi connectivity index (χ3v) is 3.12. The average molecular weight is 223 g/mol. The molecule has 0 aliphatic carbocycles. The number of hydrogen-bond donors (Lipinski definition) is 1. The fourth-order valence-corrected chi connectivity index (χ4v) is 1.68. The summed E-state index contributed by atoms with van der Waals surface area (Å²) in [5, 5.41) is 3.54. The molecule has 0 fully saturated rings. The van der Waals surface area contributed by atoms with Gasteiger partial charge in [0.1, 0.15) is 5.82 Å². The van der Waals surface area contributed by atoms with Crippen molar-refractivity contribution in [1.29, 1.82) is 0 Å². The SMILES string of the molecule is CCC(NC(C)C(C)C)c1cccc(F)c1. The molecule has 2 atom stereocenters. The van der Waals surface area contributed by atoms with Crippen molar-refractivity contribution in [3.05, 3.63) is 35.6 Å². The number of benzene rings is 1. The molecule has 0 aliphatic heterocycles. The third-order valence-electron chi connectivity index (χ3n) is 3.12. The molecule has 1 aromatic rings. The largest absolute Gasteiger partial charge is 0.307 e. The maximum Gasteiger partial charge on any atom is 0.123 e. The van der Waals surface area contributed by atoms with Crippen LogP contribution in [-0.2, 0) is 0 Å². The normalized spacial score (nSPS) is 15.1. The van der Waals surface area contributed by atoms with Gasteiger partial charge in [0.05, 0.1) is 0 Å². The molecule has 90 valence electrons. The molecule has 0 saturated heterocycles. The smallest absolute Gasteiger partial charge is 0.123 e. The van der Waals surface area contributed by atoms with Crippen LogP contribution in [0.1, 0.15) is 45.7 Å². The van der Waals surface area contributed by atoms with E-state index in [4.69, 9.17) is 0 Å². The van der Waals surface area contributed by atoms with Crippen molar-refractivity contribution in [2.45, 2.75) is 46.2 Å². The Bertz CT molecular complexity index is 322. The monoisotopic (exact) mass is 223 g/mol. The highest BCUT2D eigenvalue weighted by Gasteiger charge is 2.14. The van der Waals surface area contributed by atoms with Crippen molar-refractivity contribution in [3.8, 4) is 0 Å². The third kappa shape index (κ3) is 3.60. The van der Waals surface area contributed by atoms with Crippen LogP contribution < -0.4 is 5.32 Å². The lowest BCUT2D eigenvalue weighted by Crippen LogP contribution is -2.34. The molecule has 0 aliphatic rings. The second-order valence-corrected chi connectivity index (χ2v) is 4.72. The summed E-state index contributed by atoms with van der Waals surface area (Å²) in [4.78, 5) is 0. The Labute approximate surface area is 98.1 Å². The molecular weight excluding hydrogens is 201 g/mol. The minimum atomic E-state index is -0.157. The first-order valence-electron chi connectivity index (χ1n) is 6.06. The summed E-state index contributed by atoms with van der Waals surface area (Å²) in [6.07, 6.45) is 0.973. The van der Waals surface area contributed by atoms with Crippen molar-refractivity contribution in [2.75, 3.05) is 0 Å². The zero-order valence-corrected chi connectivity index (χ0v) is 10.6. The zero-order valence-electron chi connectivity index (χ0n) is 10.6. The van der Waals surface area contributed by atoms with E-state index in [2.05, 4.69) is 33.0 Å². The van der Waals surface area contributed by atoms with Gasteiger partial charge in [0.15, 0.2) is 0 Å². The summed E-state index contributed by atoms with van der Waals surface area (Å²) < 4.78 is 13.1. The Balaban J connectivity index is 2.74. The summed E-state index contributed by atoms with van der Waals surface area (Å²) in [5.74, 6) is 0.428. The van der Waals surface area contributed by atoms with E-state index in [9.17, 15) is 4.39 Å². The maximum absolute atomic E-state index is 13.1. The van der Waals surface area contributed by atoms with E-state index in [-0.39, 0.29) is 11.9 Å². The van der Waals surface area contributed by atoms with Gasteiger partial charge in [-0.1, -0.05) is 32.9 Å². The second kappa shape index (κ2) is 6.00. The van der Waals surface area contributed by atoms with Crippen LogP contribution in [0.15, 0.2) is 24.3 Å². The molecule has 0 amide bonds. The lowest BCUT2D eigenvalue weighted by atomic mass is 10.00. The fourth-order valence-electron chi connectivity index (χ4n) is 1.68. The maximum atomic E-state index is 13.1. The van der Waals surface area contributed by atoms with Crippen LogP contribution in [-0.4, -0.2) is 6.04 Å². The van der Waals surface area contributed by atoms with Crippen LogP contribution in [0, 0.1) is 11.7 Å². The van der Waals surface area contributed by atoms with E-state index < -0.39 is 0 Å². The van der Waals surface area contributed by atoms with Gasteiger partial charge in [0.2, 0.25) is 0 Å². The predicted octanol–water partition coefficient (Wildman–Crippen LogP) is 3.91. The van der Waals surface area contributed by atoms with E-state index in [0.29, 0.717) is 12.0 Å². The van der Waals surface area contributed by atoms with E-state index in [0.717, 1.165) is 12.0 Å². The lowest BCUT2D eigenvalue weighted by Gasteiger charge is -2.25. The molecule has 2 heteroatoms. The first-order chi connectivity index (χ1) is 7.54. The van der Waals surface area contributed by atoms with Crippen molar-refractivity contribution < 1.29 is 4.39 Å². The highest BCUT2D eigenvalue weighted by atomic mass is 19.1. The van der Waals surface area contributed by atoms with E-state index in [1.807, 2.05) is 6.07 Å².